The maximum Gasteiger partial charge on any atom is 0.224 e. The Hall–Kier alpha value is -0.840. The van der Waals surface area contributed by atoms with E-state index in [1.54, 1.807) is 12.1 Å². The van der Waals surface area contributed by atoms with Gasteiger partial charge in [-0.1, -0.05) is 23.3 Å². The average Bonchev–Trinajstić information content (AvgIpc) is 2.84. The minimum atomic E-state index is -0.679. The molecule has 1 aliphatic carbocycles. The van der Waals surface area contributed by atoms with Crippen LogP contribution in [0.1, 0.15) is 43.1 Å². The van der Waals surface area contributed by atoms with Gasteiger partial charge >= 0.3 is 0 Å². The Morgan fingerprint density at radius 1 is 1.47 bits per heavy atom. The van der Waals surface area contributed by atoms with Gasteiger partial charge in [-0.15, -0.1) is 11.3 Å². The maximum absolute atomic E-state index is 11.8. The van der Waals surface area contributed by atoms with Crippen LogP contribution < -0.4 is 5.32 Å². The van der Waals surface area contributed by atoms with Crippen LogP contribution in [0.15, 0.2) is 23.8 Å². The fourth-order valence-electron chi connectivity index (χ4n) is 2.15. The first kappa shape index (κ1) is 14.6. The first-order valence-corrected chi connectivity index (χ1v) is 7.72. The van der Waals surface area contributed by atoms with Crippen LogP contribution >= 0.6 is 22.9 Å². The standard InChI is InChI=1S/C14H18ClNO2S/c15-13-7-6-12(19-13)11(17)9-16-14(18)8-10-4-2-1-3-5-10/h4,6-7,11,17H,1-3,5,8-9H2,(H,16,18)/t11-/m1/s1. The van der Waals surface area contributed by atoms with E-state index < -0.39 is 6.10 Å². The largest absolute Gasteiger partial charge is 0.386 e. The number of hydrogen-bond acceptors (Lipinski definition) is 3. The van der Waals surface area contributed by atoms with Crippen LogP contribution in [0.3, 0.4) is 0 Å². The lowest BCUT2D eigenvalue weighted by atomic mass is 9.97. The van der Waals surface area contributed by atoms with Gasteiger partial charge in [-0.3, -0.25) is 4.79 Å². The van der Waals surface area contributed by atoms with Crippen LogP contribution in [0.2, 0.25) is 4.34 Å². The summed E-state index contributed by atoms with van der Waals surface area (Å²) in [7, 11) is 0. The van der Waals surface area contributed by atoms with E-state index in [2.05, 4.69) is 11.4 Å². The fraction of sp³-hybridized carbons (Fsp3) is 0.500. The average molecular weight is 300 g/mol. The molecule has 0 unspecified atom stereocenters. The van der Waals surface area contributed by atoms with E-state index in [9.17, 15) is 9.90 Å². The van der Waals surface area contributed by atoms with Crippen LogP contribution in [0.4, 0.5) is 0 Å². The molecular weight excluding hydrogens is 282 g/mol. The fourth-order valence-corrected chi connectivity index (χ4v) is 3.20. The van der Waals surface area contributed by atoms with Gasteiger partial charge in [0.1, 0.15) is 6.10 Å². The van der Waals surface area contributed by atoms with Crippen LogP contribution in [-0.4, -0.2) is 17.6 Å². The van der Waals surface area contributed by atoms with Crippen molar-refractivity contribution in [2.24, 2.45) is 0 Å². The predicted molar refractivity (Wildman–Crippen MR) is 78.5 cm³/mol. The second-order valence-corrected chi connectivity index (χ2v) is 6.49. The van der Waals surface area contributed by atoms with Crippen molar-refractivity contribution in [3.05, 3.63) is 33.0 Å². The number of carbonyl (C=O) groups excluding carboxylic acids is 1. The summed E-state index contributed by atoms with van der Waals surface area (Å²) in [6, 6.07) is 3.53. The maximum atomic E-state index is 11.8. The smallest absolute Gasteiger partial charge is 0.224 e. The van der Waals surface area contributed by atoms with Crippen molar-refractivity contribution in [1.29, 1.82) is 0 Å². The van der Waals surface area contributed by atoms with Gasteiger partial charge in [0, 0.05) is 17.8 Å². The van der Waals surface area contributed by atoms with Crippen molar-refractivity contribution in [2.45, 2.75) is 38.2 Å². The molecule has 0 aromatic carbocycles. The van der Waals surface area contributed by atoms with Gasteiger partial charge in [0.15, 0.2) is 0 Å². The summed E-state index contributed by atoms with van der Waals surface area (Å²) in [5.41, 5.74) is 1.22. The molecule has 1 amide bonds. The number of aliphatic hydroxyl groups is 1. The summed E-state index contributed by atoms with van der Waals surface area (Å²) in [5.74, 6) is -0.0187. The Bertz CT molecular complexity index is 470. The van der Waals surface area contributed by atoms with Crippen molar-refractivity contribution >= 4 is 28.8 Å². The van der Waals surface area contributed by atoms with Crippen LogP contribution in [0.5, 0.6) is 0 Å². The lowest BCUT2D eigenvalue weighted by Gasteiger charge is -2.14. The second-order valence-electron chi connectivity index (χ2n) is 4.75. The molecule has 0 bridgehead atoms. The first-order valence-electron chi connectivity index (χ1n) is 6.53. The molecule has 1 atom stereocenters. The van der Waals surface area contributed by atoms with Crippen molar-refractivity contribution in [2.75, 3.05) is 6.54 Å². The molecule has 1 aromatic heterocycles. The molecule has 1 aromatic rings. The zero-order valence-electron chi connectivity index (χ0n) is 10.7. The normalized spacial score (nSPS) is 16.8. The Morgan fingerprint density at radius 3 is 2.95 bits per heavy atom. The predicted octanol–water partition coefficient (Wildman–Crippen LogP) is 3.44. The van der Waals surface area contributed by atoms with E-state index >= 15 is 0 Å². The summed E-state index contributed by atoms with van der Waals surface area (Å²) in [6.45, 7) is 0.239. The molecule has 3 nitrogen and oxygen atoms in total. The SMILES string of the molecule is O=C(CC1=CCCCC1)NC[C@@H](O)c1ccc(Cl)s1. The number of aliphatic hydroxyl groups excluding tert-OH is 1. The molecule has 5 heteroatoms. The molecule has 0 saturated heterocycles. The third-order valence-electron chi connectivity index (χ3n) is 3.19. The Morgan fingerprint density at radius 2 is 2.32 bits per heavy atom. The molecule has 104 valence electrons. The van der Waals surface area contributed by atoms with Crippen molar-refractivity contribution in [3.63, 3.8) is 0 Å². The Labute approximate surface area is 122 Å². The number of allylic oxidation sites excluding steroid dienone is 1. The second kappa shape index (κ2) is 7.08. The summed E-state index contributed by atoms with van der Waals surface area (Å²) in [5, 5.41) is 12.7. The highest BCUT2D eigenvalue weighted by molar-refractivity contribution is 7.16. The quantitative estimate of drug-likeness (QED) is 0.818. The van der Waals surface area contributed by atoms with Crippen LogP contribution in [-0.2, 0) is 4.79 Å². The number of amides is 1. The number of hydrogen-bond donors (Lipinski definition) is 2. The third kappa shape index (κ3) is 4.64. The molecule has 0 saturated carbocycles. The molecule has 2 rings (SSSR count). The van der Waals surface area contributed by atoms with Crippen LogP contribution in [0, 0.1) is 0 Å². The van der Waals surface area contributed by atoms with E-state index in [4.69, 9.17) is 11.6 Å². The molecule has 2 N–H and O–H groups in total. The highest BCUT2D eigenvalue weighted by Gasteiger charge is 2.13. The highest BCUT2D eigenvalue weighted by Crippen LogP contribution is 2.26. The summed E-state index contributed by atoms with van der Waals surface area (Å²) in [6.07, 6.45) is 6.45. The topological polar surface area (TPSA) is 49.3 Å². The lowest BCUT2D eigenvalue weighted by Crippen LogP contribution is -2.28. The number of halogens is 1. The molecule has 0 aliphatic heterocycles. The van der Waals surface area contributed by atoms with Crippen molar-refractivity contribution in [1.82, 2.24) is 5.32 Å². The molecular formula is C14H18ClNO2S. The molecule has 0 spiro atoms. The van der Waals surface area contributed by atoms with Gasteiger partial charge in [0.2, 0.25) is 5.91 Å². The van der Waals surface area contributed by atoms with E-state index in [0.717, 1.165) is 17.7 Å². The summed E-state index contributed by atoms with van der Waals surface area (Å²) >= 11 is 7.14. The molecule has 1 aliphatic rings. The van der Waals surface area contributed by atoms with Gasteiger partial charge in [0.05, 0.1) is 4.34 Å². The monoisotopic (exact) mass is 299 g/mol. The third-order valence-corrected chi connectivity index (χ3v) is 4.52. The highest BCUT2D eigenvalue weighted by atomic mass is 35.5. The minimum absolute atomic E-state index is 0.0187. The summed E-state index contributed by atoms with van der Waals surface area (Å²) in [4.78, 5) is 12.5. The molecule has 0 radical (unpaired) electrons. The Kier molecular flexibility index (Phi) is 5.43. The lowest BCUT2D eigenvalue weighted by molar-refractivity contribution is -0.120. The number of carbonyl (C=O) groups is 1. The van der Waals surface area contributed by atoms with Gasteiger partial charge in [0.25, 0.3) is 0 Å². The number of thiophene rings is 1. The number of rotatable bonds is 5. The van der Waals surface area contributed by atoms with Gasteiger partial charge in [-0.2, -0.15) is 0 Å². The van der Waals surface area contributed by atoms with Gasteiger partial charge < -0.3 is 10.4 Å². The van der Waals surface area contributed by atoms with Crippen molar-refractivity contribution < 1.29 is 9.90 Å². The molecule has 0 fully saturated rings. The van der Waals surface area contributed by atoms with Gasteiger partial charge in [-0.25, -0.2) is 0 Å². The van der Waals surface area contributed by atoms with E-state index in [-0.39, 0.29) is 12.5 Å². The minimum Gasteiger partial charge on any atom is -0.386 e. The Balaban J connectivity index is 1.75. The van der Waals surface area contributed by atoms with E-state index in [1.807, 2.05) is 0 Å². The van der Waals surface area contributed by atoms with Gasteiger partial charge in [-0.05, 0) is 37.8 Å². The zero-order chi connectivity index (χ0) is 13.7. The van der Waals surface area contributed by atoms with Crippen LogP contribution in [0.25, 0.3) is 0 Å². The molecule has 19 heavy (non-hydrogen) atoms. The number of nitrogens with one attached hydrogen (secondary N) is 1. The summed E-state index contributed by atoms with van der Waals surface area (Å²) < 4.78 is 0.646. The zero-order valence-corrected chi connectivity index (χ0v) is 12.3. The van der Waals surface area contributed by atoms with E-state index in [0.29, 0.717) is 10.8 Å². The first-order chi connectivity index (χ1) is 9.15. The van der Waals surface area contributed by atoms with E-state index in [1.165, 1.54) is 29.8 Å². The van der Waals surface area contributed by atoms with Crippen molar-refractivity contribution in [3.8, 4) is 0 Å². The molecule has 1 heterocycles.